The smallest absolute Gasteiger partial charge is 0.417 e. The van der Waals surface area contributed by atoms with Crippen LogP contribution in [0.2, 0.25) is 0 Å². The second-order valence-electron chi connectivity index (χ2n) is 6.33. The van der Waals surface area contributed by atoms with Crippen LogP contribution in [0.3, 0.4) is 0 Å². The first kappa shape index (κ1) is 19.6. The molecule has 0 atom stereocenters. The SMILES string of the molecule is CC(C)(C)OC(=O)NC(=N)N(CCS)C(=O)OC(C)(C)C. The molecule has 0 heterocycles. The Labute approximate surface area is 131 Å². The third-order valence-corrected chi connectivity index (χ3v) is 2.03. The highest BCUT2D eigenvalue weighted by molar-refractivity contribution is 7.80. The minimum Gasteiger partial charge on any atom is -0.444 e. The first-order valence-corrected chi connectivity index (χ1v) is 7.19. The third kappa shape index (κ3) is 9.17. The van der Waals surface area contributed by atoms with Gasteiger partial charge in [0.05, 0.1) is 0 Å². The van der Waals surface area contributed by atoms with Crippen LogP contribution in [-0.2, 0) is 9.47 Å². The number of thiol groups is 1. The molecule has 122 valence electrons. The standard InChI is InChI=1S/C13H25N3O4S/c1-12(2,3)19-10(17)15-9(14)16(7-8-21)11(18)20-13(4,5)6/h21H,7-8H2,1-6H3,(H2,14,15,17). The van der Waals surface area contributed by atoms with Gasteiger partial charge in [-0.15, -0.1) is 0 Å². The zero-order valence-electron chi connectivity index (χ0n) is 13.4. The van der Waals surface area contributed by atoms with E-state index in [9.17, 15) is 9.59 Å². The van der Waals surface area contributed by atoms with Gasteiger partial charge in [-0.05, 0) is 41.5 Å². The molecule has 8 heteroatoms. The molecule has 0 bridgehead atoms. The van der Waals surface area contributed by atoms with Gasteiger partial charge in [0, 0.05) is 12.3 Å². The number of nitrogens with one attached hydrogen (secondary N) is 2. The van der Waals surface area contributed by atoms with Gasteiger partial charge in [-0.3, -0.25) is 10.7 Å². The molecule has 0 aromatic heterocycles. The van der Waals surface area contributed by atoms with Gasteiger partial charge in [0.25, 0.3) is 0 Å². The van der Waals surface area contributed by atoms with E-state index < -0.39 is 29.3 Å². The Bertz CT molecular complexity index is 399. The molecule has 0 unspecified atom stereocenters. The van der Waals surface area contributed by atoms with E-state index in [4.69, 9.17) is 14.9 Å². The second kappa shape index (κ2) is 7.53. The molecule has 0 aromatic rings. The lowest BCUT2D eigenvalue weighted by Gasteiger charge is -2.27. The van der Waals surface area contributed by atoms with E-state index in [1.807, 2.05) is 0 Å². The van der Waals surface area contributed by atoms with Crippen molar-refractivity contribution in [1.82, 2.24) is 10.2 Å². The molecule has 2 amide bonds. The molecule has 0 radical (unpaired) electrons. The van der Waals surface area contributed by atoms with Crippen LogP contribution in [0.15, 0.2) is 0 Å². The highest BCUT2D eigenvalue weighted by Crippen LogP contribution is 2.10. The van der Waals surface area contributed by atoms with E-state index in [1.165, 1.54) is 0 Å². The minimum absolute atomic E-state index is 0.132. The van der Waals surface area contributed by atoms with E-state index in [0.29, 0.717) is 5.75 Å². The van der Waals surface area contributed by atoms with Gasteiger partial charge in [-0.2, -0.15) is 12.6 Å². The number of nitrogens with zero attached hydrogens (tertiary/aromatic N) is 1. The van der Waals surface area contributed by atoms with Gasteiger partial charge in [-0.1, -0.05) is 0 Å². The lowest BCUT2D eigenvalue weighted by Crippen LogP contribution is -2.50. The van der Waals surface area contributed by atoms with Crippen LogP contribution in [0.1, 0.15) is 41.5 Å². The summed E-state index contributed by atoms with van der Waals surface area (Å²) in [7, 11) is 0. The predicted molar refractivity (Wildman–Crippen MR) is 83.9 cm³/mol. The monoisotopic (exact) mass is 319 g/mol. The largest absolute Gasteiger partial charge is 0.444 e. The molecule has 0 rings (SSSR count). The van der Waals surface area contributed by atoms with Crippen LogP contribution in [0.25, 0.3) is 0 Å². The van der Waals surface area contributed by atoms with Crippen LogP contribution >= 0.6 is 12.6 Å². The maximum Gasteiger partial charge on any atom is 0.417 e. The summed E-state index contributed by atoms with van der Waals surface area (Å²) in [5.74, 6) is -0.0926. The molecule has 0 saturated heterocycles. The van der Waals surface area contributed by atoms with Crippen LogP contribution < -0.4 is 5.32 Å². The normalized spacial score (nSPS) is 11.6. The minimum atomic E-state index is -0.805. The van der Waals surface area contributed by atoms with Crippen LogP contribution in [0, 0.1) is 5.41 Å². The number of carbonyl (C=O) groups excluding carboxylic acids is 2. The molecule has 2 N–H and O–H groups in total. The van der Waals surface area contributed by atoms with Crippen molar-refractivity contribution in [3.05, 3.63) is 0 Å². The molecule has 0 spiro atoms. The topological polar surface area (TPSA) is 91.7 Å². The van der Waals surface area contributed by atoms with Gasteiger partial charge >= 0.3 is 12.2 Å². The average molecular weight is 319 g/mol. The van der Waals surface area contributed by atoms with E-state index in [0.717, 1.165) is 4.90 Å². The number of amides is 2. The number of rotatable bonds is 2. The Morgan fingerprint density at radius 1 is 1.10 bits per heavy atom. The number of ether oxygens (including phenoxy) is 2. The molecule has 0 fully saturated rings. The fourth-order valence-corrected chi connectivity index (χ4v) is 1.38. The maximum atomic E-state index is 12.0. The van der Waals surface area contributed by atoms with E-state index in [2.05, 4.69) is 17.9 Å². The molecular formula is C13H25N3O4S. The highest BCUT2D eigenvalue weighted by atomic mass is 32.1. The van der Waals surface area contributed by atoms with E-state index >= 15 is 0 Å². The third-order valence-electron chi connectivity index (χ3n) is 1.83. The van der Waals surface area contributed by atoms with Gasteiger partial charge in [0.1, 0.15) is 11.2 Å². The first-order valence-electron chi connectivity index (χ1n) is 6.55. The Morgan fingerprint density at radius 2 is 1.57 bits per heavy atom. The number of guanidine groups is 1. The molecular weight excluding hydrogens is 294 g/mol. The summed E-state index contributed by atoms with van der Waals surface area (Å²) in [6.07, 6.45) is -1.53. The molecule has 7 nitrogen and oxygen atoms in total. The van der Waals surface area contributed by atoms with Crippen molar-refractivity contribution in [3.8, 4) is 0 Å². The van der Waals surface area contributed by atoms with Crippen molar-refractivity contribution in [2.75, 3.05) is 12.3 Å². The summed E-state index contributed by atoms with van der Waals surface area (Å²) in [5.41, 5.74) is -1.39. The van der Waals surface area contributed by atoms with Crippen molar-refractivity contribution < 1.29 is 19.1 Å². The van der Waals surface area contributed by atoms with Crippen molar-refractivity contribution in [3.63, 3.8) is 0 Å². The quantitative estimate of drug-likeness (QED) is 0.414. The molecule has 0 aromatic carbocycles. The Kier molecular flexibility index (Phi) is 7.02. The van der Waals surface area contributed by atoms with Crippen molar-refractivity contribution in [2.24, 2.45) is 0 Å². The lowest BCUT2D eigenvalue weighted by molar-refractivity contribution is 0.0366. The summed E-state index contributed by atoms with van der Waals surface area (Å²) >= 11 is 4.03. The van der Waals surface area contributed by atoms with Gasteiger partial charge in [-0.25, -0.2) is 14.5 Å². The first-order chi connectivity index (χ1) is 9.35. The number of hydrogen-bond donors (Lipinski definition) is 3. The fraction of sp³-hybridized carbons (Fsp3) is 0.769. The average Bonchev–Trinajstić information content (AvgIpc) is 2.19. The Balaban J connectivity index is 4.77. The predicted octanol–water partition coefficient (Wildman–Crippen LogP) is 2.61. The Hall–Kier alpha value is -1.44. The number of hydrogen-bond acceptors (Lipinski definition) is 6. The van der Waals surface area contributed by atoms with Crippen molar-refractivity contribution in [2.45, 2.75) is 52.7 Å². The van der Waals surface area contributed by atoms with Gasteiger partial charge in [0.15, 0.2) is 0 Å². The van der Waals surface area contributed by atoms with E-state index in [1.54, 1.807) is 41.5 Å². The molecule has 0 aliphatic heterocycles. The molecule has 0 aliphatic carbocycles. The zero-order valence-corrected chi connectivity index (χ0v) is 14.3. The number of carbonyl (C=O) groups is 2. The van der Waals surface area contributed by atoms with Gasteiger partial charge in [0.2, 0.25) is 5.96 Å². The van der Waals surface area contributed by atoms with E-state index in [-0.39, 0.29) is 6.54 Å². The lowest BCUT2D eigenvalue weighted by atomic mass is 10.2. The number of alkyl carbamates (subject to hydrolysis) is 1. The van der Waals surface area contributed by atoms with Crippen LogP contribution in [-0.4, -0.2) is 46.5 Å². The second-order valence-corrected chi connectivity index (χ2v) is 6.78. The molecule has 0 aliphatic rings. The molecule has 21 heavy (non-hydrogen) atoms. The highest BCUT2D eigenvalue weighted by Gasteiger charge is 2.26. The van der Waals surface area contributed by atoms with Crippen molar-refractivity contribution in [1.29, 1.82) is 5.41 Å². The van der Waals surface area contributed by atoms with Gasteiger partial charge < -0.3 is 9.47 Å². The Morgan fingerprint density at radius 3 is 1.95 bits per heavy atom. The van der Waals surface area contributed by atoms with Crippen molar-refractivity contribution >= 4 is 30.8 Å². The fourth-order valence-electron chi connectivity index (χ4n) is 1.18. The zero-order chi connectivity index (χ0) is 16.8. The summed E-state index contributed by atoms with van der Waals surface area (Å²) in [5, 5.41) is 10.0. The summed E-state index contributed by atoms with van der Waals surface area (Å²) < 4.78 is 10.2. The maximum absolute atomic E-state index is 12.0. The van der Waals surface area contributed by atoms with Crippen LogP contribution in [0.4, 0.5) is 9.59 Å². The molecule has 0 saturated carbocycles. The van der Waals surface area contributed by atoms with Crippen LogP contribution in [0.5, 0.6) is 0 Å². The summed E-state index contributed by atoms with van der Waals surface area (Å²) in [6.45, 7) is 10.4. The summed E-state index contributed by atoms with van der Waals surface area (Å²) in [6, 6.07) is 0. The summed E-state index contributed by atoms with van der Waals surface area (Å²) in [4.78, 5) is 24.6.